The van der Waals surface area contributed by atoms with E-state index < -0.39 is 11.7 Å². The third kappa shape index (κ3) is 3.65. The van der Waals surface area contributed by atoms with Gasteiger partial charge in [0.25, 0.3) is 0 Å². The molecule has 19 heavy (non-hydrogen) atoms. The minimum absolute atomic E-state index is 0. The molecule has 0 radical (unpaired) electrons. The molecule has 0 aliphatic rings. The van der Waals surface area contributed by atoms with E-state index in [9.17, 15) is 13.2 Å². The average Bonchev–Trinajstić information content (AvgIpc) is 2.38. The van der Waals surface area contributed by atoms with E-state index in [0.29, 0.717) is 17.8 Å². The first-order valence-corrected chi connectivity index (χ1v) is 5.20. The van der Waals surface area contributed by atoms with E-state index in [2.05, 4.69) is 10.2 Å². The van der Waals surface area contributed by atoms with Crippen molar-refractivity contribution in [2.45, 2.75) is 12.7 Å². The lowest BCUT2D eigenvalue weighted by Crippen LogP contribution is -2.04. The minimum Gasteiger partial charge on any atom is -0.326 e. The highest BCUT2D eigenvalue weighted by molar-refractivity contribution is 5.85. The Morgan fingerprint density at radius 1 is 1.11 bits per heavy atom. The summed E-state index contributed by atoms with van der Waals surface area (Å²) in [4.78, 5) is 0. The molecule has 0 aliphatic heterocycles. The lowest BCUT2D eigenvalue weighted by atomic mass is 10.1. The van der Waals surface area contributed by atoms with Crippen LogP contribution in [0.4, 0.5) is 13.2 Å². The van der Waals surface area contributed by atoms with Gasteiger partial charge in [0, 0.05) is 12.1 Å². The quantitative estimate of drug-likeness (QED) is 0.924. The van der Waals surface area contributed by atoms with Gasteiger partial charge in [-0.2, -0.15) is 23.4 Å². The molecule has 3 nitrogen and oxygen atoms in total. The molecule has 0 fully saturated rings. The van der Waals surface area contributed by atoms with Crippen LogP contribution in [0.1, 0.15) is 11.1 Å². The Bertz CT molecular complexity index is 541. The van der Waals surface area contributed by atoms with Crippen molar-refractivity contribution in [3.8, 4) is 11.3 Å². The van der Waals surface area contributed by atoms with E-state index in [1.54, 1.807) is 6.07 Å². The predicted molar refractivity (Wildman–Crippen MR) is 67.6 cm³/mol. The van der Waals surface area contributed by atoms with Crippen LogP contribution in [-0.4, -0.2) is 10.2 Å². The Morgan fingerprint density at radius 2 is 1.74 bits per heavy atom. The van der Waals surface area contributed by atoms with Crippen molar-refractivity contribution < 1.29 is 13.2 Å². The summed E-state index contributed by atoms with van der Waals surface area (Å²) >= 11 is 0. The van der Waals surface area contributed by atoms with E-state index >= 15 is 0 Å². The van der Waals surface area contributed by atoms with Crippen LogP contribution in [0.3, 0.4) is 0 Å². The van der Waals surface area contributed by atoms with Crippen molar-refractivity contribution in [2.75, 3.05) is 0 Å². The third-order valence-electron chi connectivity index (χ3n) is 2.45. The summed E-state index contributed by atoms with van der Waals surface area (Å²) in [5.41, 5.74) is 6.63. The first-order chi connectivity index (χ1) is 8.50. The van der Waals surface area contributed by atoms with Gasteiger partial charge in [0.1, 0.15) is 0 Å². The van der Waals surface area contributed by atoms with E-state index in [0.717, 1.165) is 17.7 Å². The second kappa shape index (κ2) is 5.99. The number of hydrogen-bond acceptors (Lipinski definition) is 3. The summed E-state index contributed by atoms with van der Waals surface area (Å²) in [5, 5.41) is 7.61. The van der Waals surface area contributed by atoms with Crippen LogP contribution < -0.4 is 5.73 Å². The first-order valence-electron chi connectivity index (χ1n) is 5.20. The van der Waals surface area contributed by atoms with Crippen LogP contribution in [0.15, 0.2) is 36.5 Å². The van der Waals surface area contributed by atoms with Gasteiger partial charge >= 0.3 is 6.18 Å². The third-order valence-corrected chi connectivity index (χ3v) is 2.45. The van der Waals surface area contributed by atoms with Crippen LogP contribution in [0, 0.1) is 0 Å². The van der Waals surface area contributed by atoms with E-state index in [4.69, 9.17) is 5.73 Å². The molecule has 0 atom stereocenters. The molecule has 0 spiro atoms. The largest absolute Gasteiger partial charge is 0.416 e. The number of nitrogens with two attached hydrogens (primary N) is 1. The number of aromatic nitrogens is 2. The van der Waals surface area contributed by atoms with Crippen molar-refractivity contribution >= 4 is 12.4 Å². The zero-order chi connectivity index (χ0) is 13.2. The molecule has 0 amide bonds. The molecule has 0 bridgehead atoms. The van der Waals surface area contributed by atoms with Gasteiger partial charge in [-0.15, -0.1) is 12.4 Å². The predicted octanol–water partition coefficient (Wildman–Crippen LogP) is 3.04. The SMILES string of the molecule is Cl.NCc1cnnc(-c2ccc(C(F)(F)F)cc2)c1. The van der Waals surface area contributed by atoms with Crippen LogP contribution in [0.2, 0.25) is 0 Å². The number of benzene rings is 1. The number of alkyl halides is 3. The minimum atomic E-state index is -4.33. The molecule has 0 unspecified atom stereocenters. The topological polar surface area (TPSA) is 51.8 Å². The van der Waals surface area contributed by atoms with Gasteiger partial charge in [0.2, 0.25) is 0 Å². The summed E-state index contributed by atoms with van der Waals surface area (Å²) in [7, 11) is 0. The Hall–Kier alpha value is -1.66. The van der Waals surface area contributed by atoms with Crippen molar-refractivity contribution in [1.29, 1.82) is 0 Å². The van der Waals surface area contributed by atoms with E-state index in [1.165, 1.54) is 18.3 Å². The molecule has 102 valence electrons. The highest BCUT2D eigenvalue weighted by atomic mass is 35.5. The fourth-order valence-corrected chi connectivity index (χ4v) is 1.49. The standard InChI is InChI=1S/C12H10F3N3.ClH/c13-12(14,15)10-3-1-9(2-4-10)11-5-8(6-16)7-17-18-11;/h1-5,7H,6,16H2;1H. The van der Waals surface area contributed by atoms with E-state index in [-0.39, 0.29) is 12.4 Å². The Morgan fingerprint density at radius 3 is 2.26 bits per heavy atom. The molecular weight excluding hydrogens is 279 g/mol. The monoisotopic (exact) mass is 289 g/mol. The Kier molecular flexibility index (Phi) is 4.85. The molecule has 0 saturated carbocycles. The first kappa shape index (κ1) is 15.4. The molecule has 1 aromatic heterocycles. The second-order valence-corrected chi connectivity index (χ2v) is 3.73. The molecule has 1 heterocycles. The zero-order valence-corrected chi connectivity index (χ0v) is 10.5. The maximum atomic E-state index is 12.4. The van der Waals surface area contributed by atoms with Gasteiger partial charge in [-0.25, -0.2) is 0 Å². The van der Waals surface area contributed by atoms with Crippen LogP contribution in [0.5, 0.6) is 0 Å². The highest BCUT2D eigenvalue weighted by Crippen LogP contribution is 2.30. The Labute approximate surface area is 114 Å². The number of halogens is 4. The second-order valence-electron chi connectivity index (χ2n) is 3.73. The summed E-state index contributed by atoms with van der Waals surface area (Å²) in [6.45, 7) is 0.309. The van der Waals surface area contributed by atoms with E-state index in [1.807, 2.05) is 0 Å². The summed E-state index contributed by atoms with van der Waals surface area (Å²) in [6, 6.07) is 6.48. The molecule has 2 rings (SSSR count). The van der Waals surface area contributed by atoms with Crippen molar-refractivity contribution in [3.63, 3.8) is 0 Å². The number of rotatable bonds is 2. The van der Waals surface area contributed by atoms with Crippen molar-refractivity contribution in [1.82, 2.24) is 10.2 Å². The van der Waals surface area contributed by atoms with Crippen molar-refractivity contribution in [3.05, 3.63) is 47.7 Å². The summed E-state index contributed by atoms with van der Waals surface area (Å²) in [6.07, 6.45) is -2.81. The molecule has 7 heteroatoms. The highest BCUT2D eigenvalue weighted by Gasteiger charge is 2.29. The molecule has 2 aromatic rings. The Balaban J connectivity index is 0.00000180. The molecule has 0 saturated heterocycles. The van der Waals surface area contributed by atoms with Gasteiger partial charge in [0.05, 0.1) is 17.5 Å². The van der Waals surface area contributed by atoms with Gasteiger partial charge in [-0.05, 0) is 23.8 Å². The molecule has 0 aliphatic carbocycles. The van der Waals surface area contributed by atoms with Crippen LogP contribution >= 0.6 is 12.4 Å². The number of hydrogen-bond donors (Lipinski definition) is 1. The normalized spacial score (nSPS) is 10.9. The van der Waals surface area contributed by atoms with Gasteiger partial charge in [-0.3, -0.25) is 0 Å². The van der Waals surface area contributed by atoms with Crippen LogP contribution in [0.25, 0.3) is 11.3 Å². The summed E-state index contributed by atoms with van der Waals surface area (Å²) in [5.74, 6) is 0. The van der Waals surface area contributed by atoms with Crippen LogP contribution in [-0.2, 0) is 12.7 Å². The molecular formula is C12H11ClF3N3. The smallest absolute Gasteiger partial charge is 0.326 e. The molecule has 1 aromatic carbocycles. The zero-order valence-electron chi connectivity index (χ0n) is 9.69. The average molecular weight is 290 g/mol. The van der Waals surface area contributed by atoms with Gasteiger partial charge in [0.15, 0.2) is 0 Å². The summed E-state index contributed by atoms with van der Waals surface area (Å²) < 4.78 is 37.2. The maximum Gasteiger partial charge on any atom is 0.416 e. The maximum absolute atomic E-state index is 12.4. The lowest BCUT2D eigenvalue weighted by Gasteiger charge is -2.07. The number of nitrogens with zero attached hydrogens (tertiary/aromatic N) is 2. The fraction of sp³-hybridized carbons (Fsp3) is 0.167. The van der Waals surface area contributed by atoms with Crippen molar-refractivity contribution in [2.24, 2.45) is 5.73 Å². The fourth-order valence-electron chi connectivity index (χ4n) is 1.49. The lowest BCUT2D eigenvalue weighted by molar-refractivity contribution is -0.137. The van der Waals surface area contributed by atoms with Gasteiger partial charge < -0.3 is 5.73 Å². The molecule has 2 N–H and O–H groups in total. The van der Waals surface area contributed by atoms with Gasteiger partial charge in [-0.1, -0.05) is 12.1 Å².